The van der Waals surface area contributed by atoms with Crippen molar-refractivity contribution >= 4 is 53.0 Å². The molecule has 0 aliphatic heterocycles. The summed E-state index contributed by atoms with van der Waals surface area (Å²) in [5.41, 5.74) is 1.34. The highest BCUT2D eigenvalue weighted by Crippen LogP contribution is 2.19. The van der Waals surface area contributed by atoms with Crippen LogP contribution in [0.5, 0.6) is 0 Å². The smallest absolute Gasteiger partial charge is 0.191 e. The highest BCUT2D eigenvalue weighted by atomic mass is 127. The molecule has 3 nitrogen and oxygen atoms in total. The molecule has 0 bridgehead atoms. The summed E-state index contributed by atoms with van der Waals surface area (Å²) < 4.78 is 0.219. The maximum atomic E-state index is 4.24. The van der Waals surface area contributed by atoms with Crippen LogP contribution >= 0.6 is 47.1 Å². The Balaban J connectivity index is 0.00000324. The quantitative estimate of drug-likeness (QED) is 0.441. The summed E-state index contributed by atoms with van der Waals surface area (Å²) >= 11 is 3.64. The third-order valence-corrected chi connectivity index (χ3v) is 5.11. The molecule has 0 atom stereocenters. The summed E-state index contributed by atoms with van der Waals surface area (Å²) in [4.78, 5) is 5.61. The largest absolute Gasteiger partial charge is 0.355 e. The number of aryl methyl sites for hydroxylation is 1. The van der Waals surface area contributed by atoms with Crippen molar-refractivity contribution in [3.63, 3.8) is 0 Å². The Kier molecular flexibility index (Phi) is 9.10. The number of nitrogens with one attached hydrogen (secondary N) is 2. The summed E-state index contributed by atoms with van der Waals surface area (Å²) in [7, 11) is 1.81. The molecule has 0 unspecified atom stereocenters. The molecule has 0 amide bonds. The molecule has 2 N–H and O–H groups in total. The zero-order valence-corrected chi connectivity index (χ0v) is 16.2. The lowest BCUT2D eigenvalue weighted by molar-refractivity contribution is 0.665. The topological polar surface area (TPSA) is 36.4 Å². The normalized spacial score (nSPS) is 11.9. The standard InChI is InChI=1S/C13H23N3S2.HI/c1-10-6-7-18-11(10)8-15-12(14-4)16-9-13(2,3)17-5;/h6-7H,8-9H2,1-5H3,(H2,14,15,16);1H. The molecule has 1 heterocycles. The summed E-state index contributed by atoms with van der Waals surface area (Å²) in [6.45, 7) is 8.32. The predicted octanol–water partition coefficient (Wildman–Crippen LogP) is 3.48. The van der Waals surface area contributed by atoms with Gasteiger partial charge in [-0.1, -0.05) is 0 Å². The van der Waals surface area contributed by atoms with Gasteiger partial charge in [-0.25, -0.2) is 0 Å². The van der Waals surface area contributed by atoms with E-state index in [-0.39, 0.29) is 28.7 Å². The van der Waals surface area contributed by atoms with Crippen LogP contribution in [0.2, 0.25) is 0 Å². The molecule has 6 heteroatoms. The van der Waals surface area contributed by atoms with Gasteiger partial charge in [-0.3, -0.25) is 4.99 Å². The van der Waals surface area contributed by atoms with Crippen LogP contribution in [0.4, 0.5) is 0 Å². The Morgan fingerprint density at radius 2 is 2.11 bits per heavy atom. The van der Waals surface area contributed by atoms with Crippen LogP contribution in [0.1, 0.15) is 24.3 Å². The monoisotopic (exact) mass is 413 g/mol. The molecule has 0 spiro atoms. The van der Waals surface area contributed by atoms with E-state index in [9.17, 15) is 0 Å². The molecule has 0 saturated heterocycles. The van der Waals surface area contributed by atoms with Crippen molar-refractivity contribution in [2.24, 2.45) is 4.99 Å². The molecule has 0 aliphatic carbocycles. The Labute approximate surface area is 142 Å². The fourth-order valence-electron chi connectivity index (χ4n) is 1.34. The molecule has 0 aliphatic rings. The molecule has 0 fully saturated rings. The Bertz CT molecular complexity index is 402. The number of thiophene rings is 1. The van der Waals surface area contributed by atoms with E-state index in [1.54, 1.807) is 11.3 Å². The second-order valence-corrected chi connectivity index (χ2v) is 7.28. The van der Waals surface area contributed by atoms with Gasteiger partial charge >= 0.3 is 0 Å². The van der Waals surface area contributed by atoms with Crippen molar-refractivity contribution in [1.29, 1.82) is 0 Å². The van der Waals surface area contributed by atoms with Gasteiger partial charge in [-0.2, -0.15) is 11.8 Å². The van der Waals surface area contributed by atoms with E-state index in [0.29, 0.717) is 0 Å². The second-order valence-electron chi connectivity index (χ2n) is 4.77. The molecule has 1 rings (SSSR count). The highest BCUT2D eigenvalue weighted by molar-refractivity contribution is 14.0. The van der Waals surface area contributed by atoms with Crippen LogP contribution in [0.3, 0.4) is 0 Å². The fraction of sp³-hybridized carbons (Fsp3) is 0.615. The van der Waals surface area contributed by atoms with Crippen molar-refractivity contribution in [3.8, 4) is 0 Å². The van der Waals surface area contributed by atoms with Gasteiger partial charge in [0.1, 0.15) is 0 Å². The first-order valence-electron chi connectivity index (χ1n) is 6.01. The molecule has 0 aromatic carbocycles. The number of hydrogen-bond acceptors (Lipinski definition) is 3. The second kappa shape index (κ2) is 9.07. The van der Waals surface area contributed by atoms with Gasteiger partial charge in [-0.15, -0.1) is 35.3 Å². The van der Waals surface area contributed by atoms with Crippen LogP contribution in [-0.4, -0.2) is 30.6 Å². The van der Waals surface area contributed by atoms with Crippen molar-refractivity contribution in [1.82, 2.24) is 10.6 Å². The number of guanidine groups is 1. The third-order valence-electron chi connectivity index (χ3n) is 2.84. The maximum absolute atomic E-state index is 4.24. The van der Waals surface area contributed by atoms with Gasteiger partial charge < -0.3 is 10.6 Å². The molecule has 1 aromatic heterocycles. The lowest BCUT2D eigenvalue weighted by Crippen LogP contribution is -2.42. The van der Waals surface area contributed by atoms with E-state index in [0.717, 1.165) is 19.0 Å². The number of aliphatic imine (C=N–C) groups is 1. The van der Waals surface area contributed by atoms with Gasteiger partial charge in [0.15, 0.2) is 5.96 Å². The van der Waals surface area contributed by atoms with Gasteiger partial charge in [-0.05, 0) is 44.0 Å². The number of hydrogen-bond donors (Lipinski definition) is 2. The number of rotatable bonds is 5. The first-order chi connectivity index (χ1) is 8.48. The molecular weight excluding hydrogens is 389 g/mol. The van der Waals surface area contributed by atoms with Crippen LogP contribution in [0.15, 0.2) is 16.4 Å². The first kappa shape index (κ1) is 19.1. The van der Waals surface area contributed by atoms with Gasteiger partial charge in [0.25, 0.3) is 0 Å². The number of thioether (sulfide) groups is 1. The van der Waals surface area contributed by atoms with Crippen LogP contribution < -0.4 is 10.6 Å². The Morgan fingerprint density at radius 1 is 1.42 bits per heavy atom. The van der Waals surface area contributed by atoms with Gasteiger partial charge in [0.05, 0.1) is 6.54 Å². The van der Waals surface area contributed by atoms with E-state index < -0.39 is 0 Å². The van der Waals surface area contributed by atoms with E-state index in [4.69, 9.17) is 0 Å². The van der Waals surface area contributed by atoms with Crippen LogP contribution in [-0.2, 0) is 6.54 Å². The summed E-state index contributed by atoms with van der Waals surface area (Å²) in [6, 6.07) is 2.15. The number of halogens is 1. The molecule has 19 heavy (non-hydrogen) atoms. The first-order valence-corrected chi connectivity index (χ1v) is 8.11. The zero-order chi connectivity index (χ0) is 13.6. The third kappa shape index (κ3) is 6.85. The Morgan fingerprint density at radius 3 is 2.58 bits per heavy atom. The highest BCUT2D eigenvalue weighted by Gasteiger charge is 2.16. The molecular formula is C13H24IN3S2. The maximum Gasteiger partial charge on any atom is 0.191 e. The minimum Gasteiger partial charge on any atom is -0.355 e. The molecule has 0 saturated carbocycles. The van der Waals surface area contributed by atoms with Crippen molar-refractivity contribution in [3.05, 3.63) is 21.9 Å². The van der Waals surface area contributed by atoms with E-state index >= 15 is 0 Å². The Hall–Kier alpha value is 0.0500. The average Bonchev–Trinajstić information content (AvgIpc) is 2.75. The SMILES string of the molecule is CN=C(NCc1sccc1C)NCC(C)(C)SC.I. The lowest BCUT2D eigenvalue weighted by atomic mass is 10.2. The molecule has 110 valence electrons. The molecule has 1 aromatic rings. The zero-order valence-electron chi connectivity index (χ0n) is 12.2. The van der Waals surface area contributed by atoms with Crippen LogP contribution in [0.25, 0.3) is 0 Å². The summed E-state index contributed by atoms with van der Waals surface area (Å²) in [5, 5.41) is 8.84. The molecule has 0 radical (unpaired) electrons. The summed E-state index contributed by atoms with van der Waals surface area (Å²) in [5.74, 6) is 0.866. The minimum absolute atomic E-state index is 0. The number of nitrogens with zero attached hydrogens (tertiary/aromatic N) is 1. The van der Waals surface area contributed by atoms with Crippen molar-refractivity contribution in [2.45, 2.75) is 32.1 Å². The lowest BCUT2D eigenvalue weighted by Gasteiger charge is -2.23. The minimum atomic E-state index is 0. The van der Waals surface area contributed by atoms with Crippen molar-refractivity contribution < 1.29 is 0 Å². The van der Waals surface area contributed by atoms with E-state index in [1.165, 1.54) is 10.4 Å². The fourth-order valence-corrected chi connectivity index (χ4v) is 2.40. The predicted molar refractivity (Wildman–Crippen MR) is 100 cm³/mol. The van der Waals surface area contributed by atoms with Gasteiger partial charge in [0, 0.05) is 23.2 Å². The van der Waals surface area contributed by atoms with E-state index in [2.05, 4.69) is 54.1 Å². The summed E-state index contributed by atoms with van der Waals surface area (Å²) in [6.07, 6.45) is 2.13. The average molecular weight is 413 g/mol. The van der Waals surface area contributed by atoms with Crippen molar-refractivity contribution in [2.75, 3.05) is 19.8 Å². The van der Waals surface area contributed by atoms with Crippen LogP contribution in [0, 0.1) is 6.92 Å². The van der Waals surface area contributed by atoms with E-state index in [1.807, 2.05) is 18.8 Å². The van der Waals surface area contributed by atoms with Gasteiger partial charge in [0.2, 0.25) is 0 Å².